The van der Waals surface area contributed by atoms with Crippen LogP contribution < -0.4 is 9.64 Å². The molecule has 0 unspecified atom stereocenters. The molecule has 7 nitrogen and oxygen atoms in total. The number of benzene rings is 1. The SMILES string of the molecule is COc1ccc(-c2cnc(N(C)C)nc2C2CCN(C(=O)C[C@@H]3CCCCO3)CC2)cc1. The van der Waals surface area contributed by atoms with Gasteiger partial charge in [0.25, 0.3) is 0 Å². The van der Waals surface area contributed by atoms with E-state index < -0.39 is 0 Å². The van der Waals surface area contributed by atoms with Crippen molar-refractivity contribution in [3.05, 3.63) is 36.2 Å². The Morgan fingerprint density at radius 2 is 1.91 bits per heavy atom. The maximum absolute atomic E-state index is 12.8. The molecule has 4 rings (SSSR count). The van der Waals surface area contributed by atoms with Crippen molar-refractivity contribution in [2.75, 3.05) is 45.8 Å². The molecule has 1 amide bonds. The molecule has 3 heterocycles. The van der Waals surface area contributed by atoms with Gasteiger partial charge in [-0.05, 0) is 49.8 Å². The predicted octanol–water partition coefficient (Wildman–Crippen LogP) is 3.88. The van der Waals surface area contributed by atoms with Crippen LogP contribution in [0.1, 0.15) is 50.1 Å². The first-order valence-electron chi connectivity index (χ1n) is 11.6. The number of nitrogens with zero attached hydrogens (tertiary/aromatic N) is 4. The van der Waals surface area contributed by atoms with Gasteiger partial charge in [0.05, 0.1) is 25.3 Å². The molecule has 7 heteroatoms. The third-order valence-corrected chi connectivity index (χ3v) is 6.52. The highest BCUT2D eigenvalue weighted by molar-refractivity contribution is 5.77. The molecule has 1 aromatic carbocycles. The van der Waals surface area contributed by atoms with Crippen LogP contribution in [-0.2, 0) is 9.53 Å². The van der Waals surface area contributed by atoms with Gasteiger partial charge in [0, 0.05) is 51.5 Å². The Morgan fingerprint density at radius 3 is 2.53 bits per heavy atom. The second-order valence-corrected chi connectivity index (χ2v) is 8.94. The van der Waals surface area contributed by atoms with E-state index in [1.807, 2.05) is 42.2 Å². The van der Waals surface area contributed by atoms with Crippen LogP contribution in [0.2, 0.25) is 0 Å². The van der Waals surface area contributed by atoms with Crippen molar-refractivity contribution in [2.24, 2.45) is 0 Å². The van der Waals surface area contributed by atoms with E-state index in [4.69, 9.17) is 14.5 Å². The van der Waals surface area contributed by atoms with Gasteiger partial charge in [-0.2, -0.15) is 0 Å². The highest BCUT2D eigenvalue weighted by Crippen LogP contribution is 2.35. The highest BCUT2D eigenvalue weighted by Gasteiger charge is 2.29. The van der Waals surface area contributed by atoms with Crippen LogP contribution >= 0.6 is 0 Å². The minimum Gasteiger partial charge on any atom is -0.497 e. The molecule has 2 fully saturated rings. The normalized spacial score (nSPS) is 19.6. The third kappa shape index (κ3) is 5.21. The summed E-state index contributed by atoms with van der Waals surface area (Å²) in [4.78, 5) is 26.3. The number of amides is 1. The van der Waals surface area contributed by atoms with Gasteiger partial charge >= 0.3 is 0 Å². The standard InChI is InChI=1S/C25H34N4O3/c1-28(2)25-26-17-22(18-7-9-20(31-3)10-8-18)24(27-25)19-11-13-29(14-12-19)23(30)16-21-6-4-5-15-32-21/h7-10,17,19,21H,4-6,11-16H2,1-3H3/t21-/m0/s1. The molecule has 2 aromatic rings. The van der Waals surface area contributed by atoms with Crippen molar-refractivity contribution < 1.29 is 14.3 Å². The number of methoxy groups -OCH3 is 1. The number of hydrogen-bond donors (Lipinski definition) is 0. The Hall–Kier alpha value is -2.67. The van der Waals surface area contributed by atoms with Gasteiger partial charge in [-0.15, -0.1) is 0 Å². The molecule has 0 bridgehead atoms. The lowest BCUT2D eigenvalue weighted by atomic mass is 9.88. The minimum absolute atomic E-state index is 0.0974. The van der Waals surface area contributed by atoms with E-state index in [1.165, 1.54) is 0 Å². The van der Waals surface area contributed by atoms with E-state index in [1.54, 1.807) is 7.11 Å². The molecule has 32 heavy (non-hydrogen) atoms. The summed E-state index contributed by atoms with van der Waals surface area (Å²) in [7, 11) is 5.59. The fourth-order valence-corrected chi connectivity index (χ4v) is 4.60. The van der Waals surface area contributed by atoms with E-state index in [2.05, 4.69) is 17.1 Å². The fraction of sp³-hybridized carbons (Fsp3) is 0.560. The van der Waals surface area contributed by atoms with Crippen LogP contribution in [0.25, 0.3) is 11.1 Å². The number of likely N-dealkylation sites (tertiary alicyclic amines) is 1. The van der Waals surface area contributed by atoms with Gasteiger partial charge in [-0.25, -0.2) is 9.97 Å². The van der Waals surface area contributed by atoms with Gasteiger partial charge in [-0.1, -0.05) is 12.1 Å². The largest absolute Gasteiger partial charge is 0.497 e. The lowest BCUT2D eigenvalue weighted by Gasteiger charge is -2.34. The van der Waals surface area contributed by atoms with Crippen LogP contribution in [0, 0.1) is 0 Å². The molecular formula is C25H34N4O3. The Kier molecular flexibility index (Phi) is 7.25. The average molecular weight is 439 g/mol. The average Bonchev–Trinajstić information content (AvgIpc) is 2.84. The fourth-order valence-electron chi connectivity index (χ4n) is 4.60. The lowest BCUT2D eigenvalue weighted by molar-refractivity contribution is -0.136. The maximum atomic E-state index is 12.8. The second-order valence-electron chi connectivity index (χ2n) is 8.94. The van der Waals surface area contributed by atoms with Crippen LogP contribution in [0.5, 0.6) is 5.75 Å². The topological polar surface area (TPSA) is 67.8 Å². The molecule has 0 aliphatic carbocycles. The number of aromatic nitrogens is 2. The maximum Gasteiger partial charge on any atom is 0.225 e. The number of carbonyl (C=O) groups is 1. The number of piperidine rings is 1. The molecular weight excluding hydrogens is 404 g/mol. The summed E-state index contributed by atoms with van der Waals surface area (Å²) in [6, 6.07) is 8.04. The molecule has 2 aliphatic heterocycles. The quantitative estimate of drug-likeness (QED) is 0.682. The first-order valence-corrected chi connectivity index (χ1v) is 11.6. The van der Waals surface area contributed by atoms with Crippen LogP contribution in [-0.4, -0.2) is 67.8 Å². The number of rotatable bonds is 6. The Morgan fingerprint density at radius 1 is 1.16 bits per heavy atom. The summed E-state index contributed by atoms with van der Waals surface area (Å²) in [6.45, 7) is 2.31. The van der Waals surface area contributed by atoms with Gasteiger partial charge in [-0.3, -0.25) is 4.79 Å². The monoisotopic (exact) mass is 438 g/mol. The Labute approximate surface area is 190 Å². The van der Waals surface area contributed by atoms with Crippen molar-refractivity contribution in [2.45, 2.75) is 50.5 Å². The van der Waals surface area contributed by atoms with Crippen LogP contribution in [0.15, 0.2) is 30.5 Å². The van der Waals surface area contributed by atoms with Crippen molar-refractivity contribution in [3.8, 4) is 16.9 Å². The van der Waals surface area contributed by atoms with Gasteiger partial charge in [0.15, 0.2) is 0 Å². The number of ether oxygens (including phenoxy) is 2. The summed E-state index contributed by atoms with van der Waals surface area (Å²) >= 11 is 0. The van der Waals surface area contributed by atoms with Crippen molar-refractivity contribution in [1.29, 1.82) is 0 Å². The van der Waals surface area contributed by atoms with E-state index in [0.29, 0.717) is 18.3 Å². The predicted molar refractivity (Wildman–Crippen MR) is 125 cm³/mol. The Bertz CT molecular complexity index is 902. The molecule has 1 aromatic heterocycles. The van der Waals surface area contributed by atoms with Crippen LogP contribution in [0.4, 0.5) is 5.95 Å². The van der Waals surface area contributed by atoms with E-state index >= 15 is 0 Å². The van der Waals surface area contributed by atoms with Crippen LogP contribution in [0.3, 0.4) is 0 Å². The second kappa shape index (κ2) is 10.3. The molecule has 172 valence electrons. The van der Waals surface area contributed by atoms with E-state index in [0.717, 1.165) is 74.4 Å². The summed E-state index contributed by atoms with van der Waals surface area (Å²) in [5, 5.41) is 0. The lowest BCUT2D eigenvalue weighted by Crippen LogP contribution is -2.40. The molecule has 2 saturated heterocycles. The highest BCUT2D eigenvalue weighted by atomic mass is 16.5. The minimum atomic E-state index is 0.0974. The number of hydrogen-bond acceptors (Lipinski definition) is 6. The van der Waals surface area contributed by atoms with Gasteiger partial charge in [0.2, 0.25) is 11.9 Å². The zero-order chi connectivity index (χ0) is 22.5. The van der Waals surface area contributed by atoms with Crippen molar-refractivity contribution in [3.63, 3.8) is 0 Å². The molecule has 0 spiro atoms. The molecule has 0 radical (unpaired) electrons. The molecule has 0 N–H and O–H groups in total. The summed E-state index contributed by atoms with van der Waals surface area (Å²) in [5.74, 6) is 2.06. The summed E-state index contributed by atoms with van der Waals surface area (Å²) < 4.78 is 11.1. The van der Waals surface area contributed by atoms with E-state index in [-0.39, 0.29) is 12.0 Å². The smallest absolute Gasteiger partial charge is 0.225 e. The number of anilines is 1. The van der Waals surface area contributed by atoms with Crippen molar-refractivity contribution >= 4 is 11.9 Å². The zero-order valence-corrected chi connectivity index (χ0v) is 19.4. The summed E-state index contributed by atoms with van der Waals surface area (Å²) in [6.07, 6.45) is 7.63. The van der Waals surface area contributed by atoms with Gasteiger partial charge in [0.1, 0.15) is 5.75 Å². The third-order valence-electron chi connectivity index (χ3n) is 6.52. The molecule has 0 saturated carbocycles. The summed E-state index contributed by atoms with van der Waals surface area (Å²) in [5.41, 5.74) is 3.20. The molecule has 2 aliphatic rings. The number of carbonyl (C=O) groups excluding carboxylic acids is 1. The van der Waals surface area contributed by atoms with Crippen molar-refractivity contribution in [1.82, 2.24) is 14.9 Å². The van der Waals surface area contributed by atoms with Gasteiger partial charge < -0.3 is 19.3 Å². The molecule has 1 atom stereocenters. The Balaban J connectivity index is 1.48. The first-order chi connectivity index (χ1) is 15.5. The zero-order valence-electron chi connectivity index (χ0n) is 19.4. The first kappa shape index (κ1) is 22.5. The van der Waals surface area contributed by atoms with E-state index in [9.17, 15) is 4.79 Å².